The summed E-state index contributed by atoms with van der Waals surface area (Å²) in [7, 11) is 0. The summed E-state index contributed by atoms with van der Waals surface area (Å²) in [5.41, 5.74) is 0. The van der Waals surface area contributed by atoms with Gasteiger partial charge < -0.3 is 14.9 Å². The maximum absolute atomic E-state index is 8.57. The Balaban J connectivity index is -0.0000000200. The third kappa shape index (κ3) is 123. The molecule has 0 bridgehead atoms. The molecule has 0 aliphatic rings. The molecule has 0 saturated carbocycles. The van der Waals surface area contributed by atoms with E-state index >= 15 is 0 Å². The van der Waals surface area contributed by atoms with Crippen molar-refractivity contribution in [1.29, 1.82) is 0 Å². The number of hydrogen-bond acceptors (Lipinski definition) is 2. The van der Waals surface area contributed by atoms with Gasteiger partial charge in [0, 0.05) is 0 Å². The third-order valence-corrected chi connectivity index (χ3v) is 0. The topological polar surface area (TPSA) is 34.1 Å². The van der Waals surface area contributed by atoms with Crippen molar-refractivity contribution in [3.05, 3.63) is 14.9 Å². The first-order valence-electron chi connectivity index (χ1n) is 0.408. The average Bonchev–Trinajstić information content (AvgIpc) is 0.918. The Morgan fingerprint density at radius 1 is 1.00 bits per heavy atom. The SMILES string of the molecule is [CH3-].[CH3-].[O]=[Hf]=[O]. The standard InChI is InChI=1S/2CH3.Hf.2O/h2*1H3;;;/q2*-1;;;. The first-order valence-corrected chi connectivity index (χ1v) is 3.34. The fraction of sp³-hybridized carbons (Fsp3) is 0. The molecule has 0 heterocycles. The van der Waals surface area contributed by atoms with Gasteiger partial charge in [-0.1, -0.05) is 0 Å². The zero-order chi connectivity index (χ0) is 2.71. The molecule has 0 aliphatic carbocycles. The van der Waals surface area contributed by atoms with E-state index in [0.29, 0.717) is 0 Å². The molecular weight excluding hydrogens is 235 g/mol. The van der Waals surface area contributed by atoms with Crippen LogP contribution in [0.5, 0.6) is 0 Å². The van der Waals surface area contributed by atoms with E-state index in [1.165, 1.54) is 0 Å². The van der Waals surface area contributed by atoms with Crippen molar-refractivity contribution >= 4 is 0 Å². The number of hydrogen-bond donors (Lipinski definition) is 0. The van der Waals surface area contributed by atoms with Gasteiger partial charge >= 0.3 is 28.6 Å². The Hall–Kier alpha value is 0.470. The fourth-order valence-electron chi connectivity index (χ4n) is 0. The van der Waals surface area contributed by atoms with Crippen LogP contribution in [0.15, 0.2) is 0 Å². The second-order valence-corrected chi connectivity index (χ2v) is 0.682. The van der Waals surface area contributed by atoms with Crippen LogP contribution in [0.2, 0.25) is 0 Å². The van der Waals surface area contributed by atoms with Gasteiger partial charge in [0.1, 0.15) is 0 Å². The summed E-state index contributed by atoms with van der Waals surface area (Å²) in [6.07, 6.45) is 0. The summed E-state index contributed by atoms with van der Waals surface area (Å²) in [6, 6.07) is 0. The van der Waals surface area contributed by atoms with E-state index < -0.39 is 22.9 Å². The van der Waals surface area contributed by atoms with Crippen LogP contribution in [0.4, 0.5) is 0 Å². The van der Waals surface area contributed by atoms with Gasteiger partial charge in [0.15, 0.2) is 0 Å². The molecule has 0 rings (SSSR count). The van der Waals surface area contributed by atoms with Gasteiger partial charge in [0.05, 0.1) is 0 Å². The minimum absolute atomic E-state index is 0. The molecule has 0 aliphatic heterocycles. The van der Waals surface area contributed by atoms with Crippen LogP contribution in [-0.4, -0.2) is 0 Å². The Labute approximate surface area is 43.8 Å². The zero-order valence-corrected chi connectivity index (χ0v) is 6.91. The molecule has 0 aromatic rings. The third-order valence-electron chi connectivity index (χ3n) is 0. The first kappa shape index (κ1) is 17.9. The van der Waals surface area contributed by atoms with Gasteiger partial charge in [-0.15, -0.1) is 0 Å². The summed E-state index contributed by atoms with van der Waals surface area (Å²) >= 11 is -2.42. The molecule has 0 spiro atoms. The Morgan fingerprint density at radius 2 is 1.00 bits per heavy atom. The molecule has 2 nitrogen and oxygen atoms in total. The number of rotatable bonds is 0. The maximum atomic E-state index is 8.57. The quantitative estimate of drug-likeness (QED) is 0.460. The molecule has 3 heteroatoms. The molecule has 5 heavy (non-hydrogen) atoms. The van der Waals surface area contributed by atoms with Gasteiger partial charge in [0.25, 0.3) is 0 Å². The average molecular weight is 241 g/mol. The molecule has 0 amide bonds. The predicted molar refractivity (Wildman–Crippen MR) is 14.2 cm³/mol. The molecule has 0 fully saturated rings. The summed E-state index contributed by atoms with van der Waals surface area (Å²) in [6.45, 7) is 0. The summed E-state index contributed by atoms with van der Waals surface area (Å²) in [5, 5.41) is 0. The van der Waals surface area contributed by atoms with Crippen molar-refractivity contribution in [1.82, 2.24) is 0 Å². The Kier molecular flexibility index (Phi) is 89.2. The molecule has 0 aromatic carbocycles. The van der Waals surface area contributed by atoms with Crippen molar-refractivity contribution in [2.24, 2.45) is 0 Å². The fourth-order valence-corrected chi connectivity index (χ4v) is 0. The van der Waals surface area contributed by atoms with E-state index in [1.807, 2.05) is 0 Å². The van der Waals surface area contributed by atoms with E-state index in [-0.39, 0.29) is 14.9 Å². The van der Waals surface area contributed by atoms with Crippen LogP contribution in [-0.2, 0) is 28.6 Å². The van der Waals surface area contributed by atoms with E-state index in [1.54, 1.807) is 0 Å². The summed E-state index contributed by atoms with van der Waals surface area (Å²) in [5.74, 6) is 0. The van der Waals surface area contributed by atoms with Gasteiger partial charge in [0.2, 0.25) is 0 Å². The van der Waals surface area contributed by atoms with Gasteiger partial charge in [-0.2, -0.15) is 0 Å². The van der Waals surface area contributed by atoms with Crippen LogP contribution in [0.3, 0.4) is 0 Å². The van der Waals surface area contributed by atoms with E-state index in [2.05, 4.69) is 0 Å². The molecule has 0 radical (unpaired) electrons. The van der Waals surface area contributed by atoms with Crippen molar-refractivity contribution in [2.45, 2.75) is 0 Å². The van der Waals surface area contributed by atoms with Gasteiger partial charge in [-0.25, -0.2) is 0 Å². The van der Waals surface area contributed by atoms with E-state index in [0.717, 1.165) is 0 Å². The Bertz CT molecular complexity index is 28.6. The van der Waals surface area contributed by atoms with Crippen molar-refractivity contribution in [3.8, 4) is 0 Å². The van der Waals surface area contributed by atoms with E-state index in [4.69, 9.17) is 5.71 Å². The molecule has 0 saturated heterocycles. The second-order valence-electron chi connectivity index (χ2n) is 0.0833. The minimum atomic E-state index is -2.42. The molecule has 0 atom stereocenters. The second kappa shape index (κ2) is 24.9. The molecule has 0 N–H and O–H groups in total. The monoisotopic (exact) mass is 242 g/mol. The summed E-state index contributed by atoms with van der Waals surface area (Å²) in [4.78, 5) is 0. The summed E-state index contributed by atoms with van der Waals surface area (Å²) < 4.78 is 17.1. The van der Waals surface area contributed by atoms with Crippen LogP contribution < -0.4 is 0 Å². The molecular formula is C2H6HfO2-2. The van der Waals surface area contributed by atoms with Crippen LogP contribution in [0.1, 0.15) is 0 Å². The normalized spacial score (nSPS) is 1.60. The zero-order valence-electron chi connectivity index (χ0n) is 3.32. The van der Waals surface area contributed by atoms with Crippen LogP contribution in [0.25, 0.3) is 0 Å². The van der Waals surface area contributed by atoms with Crippen LogP contribution in [0, 0.1) is 14.9 Å². The molecule has 0 aromatic heterocycles. The van der Waals surface area contributed by atoms with Gasteiger partial charge in [-0.3, -0.25) is 0 Å². The van der Waals surface area contributed by atoms with Crippen molar-refractivity contribution in [3.63, 3.8) is 0 Å². The molecule has 32 valence electrons. The van der Waals surface area contributed by atoms with Crippen molar-refractivity contribution in [2.75, 3.05) is 0 Å². The van der Waals surface area contributed by atoms with Gasteiger partial charge in [-0.05, 0) is 0 Å². The van der Waals surface area contributed by atoms with Crippen LogP contribution >= 0.6 is 0 Å². The van der Waals surface area contributed by atoms with E-state index in [9.17, 15) is 0 Å². The van der Waals surface area contributed by atoms with Crippen molar-refractivity contribution < 1.29 is 28.6 Å². The molecule has 0 unspecified atom stereocenters. The Morgan fingerprint density at radius 3 is 1.00 bits per heavy atom. The first-order chi connectivity index (χ1) is 1.41. The predicted octanol–water partition coefficient (Wildman–Crippen LogP) is 0.660.